The number of sulfonamides is 1. The van der Waals surface area contributed by atoms with Crippen molar-refractivity contribution < 1.29 is 37.1 Å². The van der Waals surface area contributed by atoms with Gasteiger partial charge in [-0.1, -0.05) is 19.9 Å². The van der Waals surface area contributed by atoms with E-state index in [1.165, 1.54) is 17.9 Å². The molecule has 0 bridgehead atoms. The summed E-state index contributed by atoms with van der Waals surface area (Å²) in [5.74, 6) is -1.41. The van der Waals surface area contributed by atoms with Gasteiger partial charge in [-0.15, -0.1) is 6.58 Å². The molecular formula is C31H41N5O8S. The molecule has 1 saturated carbocycles. The minimum absolute atomic E-state index is 0.000314. The molecule has 14 heteroatoms. The van der Waals surface area contributed by atoms with Crippen molar-refractivity contribution in [3.8, 4) is 11.6 Å². The second-order valence-corrected chi connectivity index (χ2v) is 13.4. The summed E-state index contributed by atoms with van der Waals surface area (Å²) in [5.41, 5.74) is -1.63. The predicted octanol–water partition coefficient (Wildman–Crippen LogP) is 1.96. The standard InChI is InChI=1S/C31H41N5O8S/c1-6-14-31(8-3,30(40)35-45(41,42)23-10-11-23)34-27(38)25-17-22(18-36(25)29(39)19(4)33-26(37)7-2)44-28-24-12-9-21(43-5)16-20(24)13-15-32-28/h6,9,12-13,15-16,19,22-23,25H,1,7-8,10-11,14,17-18H2,2-5H3,(H,33,37)(H,34,38)(H,35,40). The lowest BCUT2D eigenvalue weighted by Gasteiger charge is -2.34. The lowest BCUT2D eigenvalue weighted by molar-refractivity contribution is -0.142. The topological polar surface area (TPSA) is 173 Å². The molecule has 2 aromatic rings. The zero-order valence-corrected chi connectivity index (χ0v) is 26.8. The van der Waals surface area contributed by atoms with Crippen LogP contribution in [-0.4, -0.2) is 84.6 Å². The van der Waals surface area contributed by atoms with Crippen molar-refractivity contribution in [3.63, 3.8) is 0 Å². The maximum absolute atomic E-state index is 14.0. The summed E-state index contributed by atoms with van der Waals surface area (Å²) < 4.78 is 38.9. The van der Waals surface area contributed by atoms with Crippen LogP contribution in [-0.2, 0) is 29.2 Å². The molecule has 2 heterocycles. The minimum atomic E-state index is -3.89. The fourth-order valence-electron chi connectivity index (χ4n) is 5.38. The molecule has 4 rings (SSSR count). The highest BCUT2D eigenvalue weighted by Gasteiger charge is 2.47. The highest BCUT2D eigenvalue weighted by Crippen LogP contribution is 2.31. The molecule has 244 valence electrons. The normalized spacial score (nSPS) is 20.0. The third kappa shape index (κ3) is 7.55. The second-order valence-electron chi connectivity index (χ2n) is 11.4. The summed E-state index contributed by atoms with van der Waals surface area (Å²) in [6.07, 6.45) is 3.50. The van der Waals surface area contributed by atoms with E-state index in [4.69, 9.17) is 9.47 Å². The average Bonchev–Trinajstić information content (AvgIpc) is 3.81. The first kappa shape index (κ1) is 33.7. The van der Waals surface area contributed by atoms with Crippen LogP contribution in [0.5, 0.6) is 11.6 Å². The van der Waals surface area contributed by atoms with E-state index in [2.05, 4.69) is 26.9 Å². The van der Waals surface area contributed by atoms with Crippen LogP contribution in [0.25, 0.3) is 10.8 Å². The van der Waals surface area contributed by atoms with Crippen molar-refractivity contribution in [2.45, 2.75) is 88.3 Å². The van der Waals surface area contributed by atoms with E-state index in [-0.39, 0.29) is 38.1 Å². The van der Waals surface area contributed by atoms with E-state index in [1.807, 2.05) is 12.1 Å². The monoisotopic (exact) mass is 643 g/mol. The molecule has 45 heavy (non-hydrogen) atoms. The molecule has 4 amide bonds. The van der Waals surface area contributed by atoms with Gasteiger partial charge in [-0.25, -0.2) is 13.4 Å². The Kier molecular flexibility index (Phi) is 10.4. The van der Waals surface area contributed by atoms with Gasteiger partial charge in [-0.2, -0.15) is 0 Å². The number of hydrogen-bond donors (Lipinski definition) is 3. The van der Waals surface area contributed by atoms with Gasteiger partial charge in [0.15, 0.2) is 0 Å². The molecule has 3 N–H and O–H groups in total. The number of carbonyl (C=O) groups excluding carboxylic acids is 4. The number of amides is 4. The smallest absolute Gasteiger partial charge is 0.259 e. The van der Waals surface area contributed by atoms with Crippen molar-refractivity contribution >= 4 is 44.4 Å². The molecular weight excluding hydrogens is 602 g/mol. The van der Waals surface area contributed by atoms with Crippen LogP contribution in [0.3, 0.4) is 0 Å². The number of nitrogens with one attached hydrogen (secondary N) is 3. The highest BCUT2D eigenvalue weighted by atomic mass is 32.2. The predicted molar refractivity (Wildman–Crippen MR) is 167 cm³/mol. The number of methoxy groups -OCH3 is 1. The summed E-state index contributed by atoms with van der Waals surface area (Å²) in [6.45, 7) is 8.55. The van der Waals surface area contributed by atoms with Crippen LogP contribution in [0, 0.1) is 0 Å². The maximum Gasteiger partial charge on any atom is 0.259 e. The number of rotatable bonds is 14. The van der Waals surface area contributed by atoms with Crippen LogP contribution >= 0.6 is 0 Å². The van der Waals surface area contributed by atoms with E-state index in [1.54, 1.807) is 39.3 Å². The molecule has 1 saturated heterocycles. The first-order valence-corrected chi connectivity index (χ1v) is 16.6. The fourth-order valence-corrected chi connectivity index (χ4v) is 6.76. The van der Waals surface area contributed by atoms with E-state index < -0.39 is 56.7 Å². The molecule has 13 nitrogen and oxygen atoms in total. The summed E-state index contributed by atoms with van der Waals surface area (Å²) in [7, 11) is -2.33. The van der Waals surface area contributed by atoms with Gasteiger partial charge in [0, 0.05) is 24.4 Å². The number of benzene rings is 1. The summed E-state index contributed by atoms with van der Waals surface area (Å²) in [5, 5.41) is 6.27. The van der Waals surface area contributed by atoms with Crippen molar-refractivity contribution in [3.05, 3.63) is 43.1 Å². The number of hydrogen-bond acceptors (Lipinski definition) is 9. The molecule has 1 aromatic carbocycles. The number of fused-ring (bicyclic) bond motifs is 1. The molecule has 1 aliphatic heterocycles. The van der Waals surface area contributed by atoms with E-state index >= 15 is 0 Å². The Balaban J connectivity index is 1.62. The SMILES string of the molecule is C=CCC(CC)(NC(=O)C1CC(Oc2nccc3cc(OC)ccc23)CN1C(=O)C(C)NC(=O)CC)C(=O)NS(=O)(=O)C1CC1. The highest BCUT2D eigenvalue weighted by molar-refractivity contribution is 7.91. The third-order valence-electron chi connectivity index (χ3n) is 8.22. The van der Waals surface area contributed by atoms with Crippen molar-refractivity contribution in [2.75, 3.05) is 13.7 Å². The fraction of sp³-hybridized carbons (Fsp3) is 0.516. The largest absolute Gasteiger partial charge is 0.497 e. The second kappa shape index (κ2) is 13.8. The Bertz CT molecular complexity index is 1580. The van der Waals surface area contributed by atoms with Crippen LogP contribution in [0.2, 0.25) is 0 Å². The van der Waals surface area contributed by atoms with Crippen molar-refractivity contribution in [1.29, 1.82) is 0 Å². The Hall–Kier alpha value is -4.20. The van der Waals surface area contributed by atoms with Gasteiger partial charge < -0.3 is 25.0 Å². The molecule has 1 aliphatic carbocycles. The first-order chi connectivity index (χ1) is 21.4. The molecule has 2 aliphatic rings. The minimum Gasteiger partial charge on any atom is -0.497 e. The molecule has 2 fully saturated rings. The Morgan fingerprint density at radius 2 is 1.93 bits per heavy atom. The van der Waals surface area contributed by atoms with Crippen molar-refractivity contribution in [1.82, 2.24) is 25.2 Å². The van der Waals surface area contributed by atoms with E-state index in [0.717, 1.165) is 5.39 Å². The molecule has 0 spiro atoms. The lowest BCUT2D eigenvalue weighted by Crippen LogP contribution is -2.62. The van der Waals surface area contributed by atoms with E-state index in [9.17, 15) is 27.6 Å². The quantitative estimate of drug-likeness (QED) is 0.260. The van der Waals surface area contributed by atoms with Gasteiger partial charge in [0.25, 0.3) is 5.91 Å². The summed E-state index contributed by atoms with van der Waals surface area (Å²) in [4.78, 5) is 58.8. The number of carbonyl (C=O) groups is 4. The number of ether oxygens (including phenoxy) is 2. The number of nitrogens with zero attached hydrogens (tertiary/aromatic N) is 2. The Morgan fingerprint density at radius 3 is 2.56 bits per heavy atom. The van der Waals surface area contributed by atoms with Gasteiger partial charge in [0.2, 0.25) is 33.6 Å². The van der Waals surface area contributed by atoms with Crippen LogP contribution in [0.4, 0.5) is 0 Å². The van der Waals surface area contributed by atoms with Gasteiger partial charge in [0.1, 0.15) is 29.5 Å². The van der Waals surface area contributed by atoms with Gasteiger partial charge in [0.05, 0.1) is 18.9 Å². The zero-order valence-electron chi connectivity index (χ0n) is 26.0. The zero-order chi connectivity index (χ0) is 32.9. The van der Waals surface area contributed by atoms with Gasteiger partial charge in [-0.05, 0) is 62.3 Å². The molecule has 0 radical (unpaired) electrons. The number of aromatic nitrogens is 1. The maximum atomic E-state index is 14.0. The van der Waals surface area contributed by atoms with Crippen molar-refractivity contribution in [2.24, 2.45) is 0 Å². The third-order valence-corrected chi connectivity index (χ3v) is 10.0. The van der Waals surface area contributed by atoms with Gasteiger partial charge in [-0.3, -0.25) is 23.9 Å². The first-order valence-electron chi connectivity index (χ1n) is 15.1. The Labute approximate surface area is 263 Å². The Morgan fingerprint density at radius 1 is 1.20 bits per heavy atom. The van der Waals surface area contributed by atoms with Crippen LogP contribution < -0.4 is 24.8 Å². The lowest BCUT2D eigenvalue weighted by atomic mass is 9.90. The number of pyridine rings is 1. The van der Waals surface area contributed by atoms with Crippen LogP contribution in [0.15, 0.2) is 43.1 Å². The molecule has 4 unspecified atom stereocenters. The average molecular weight is 644 g/mol. The van der Waals surface area contributed by atoms with Crippen LogP contribution in [0.1, 0.15) is 59.3 Å². The van der Waals surface area contributed by atoms with Gasteiger partial charge >= 0.3 is 0 Å². The summed E-state index contributed by atoms with van der Waals surface area (Å²) in [6, 6.07) is 5.19. The molecule has 4 atom stereocenters. The van der Waals surface area contributed by atoms with E-state index in [0.29, 0.717) is 29.9 Å². The molecule has 1 aromatic heterocycles. The summed E-state index contributed by atoms with van der Waals surface area (Å²) >= 11 is 0. The number of likely N-dealkylation sites (tertiary alicyclic amines) is 1.